The van der Waals surface area contributed by atoms with Crippen LogP contribution in [-0.4, -0.2) is 39.1 Å². The van der Waals surface area contributed by atoms with Crippen LogP contribution in [-0.2, 0) is 4.74 Å². The zero-order chi connectivity index (χ0) is 14.3. The van der Waals surface area contributed by atoms with E-state index in [4.69, 9.17) is 0 Å². The Morgan fingerprint density at radius 2 is 2.16 bits per heavy atom. The number of halogens is 2. The average molecular weight is 272 g/mol. The SMILES string of the molecule is CNc1ccc(C(=O)NCCOCC(F)F)cc1C. The largest absolute Gasteiger partial charge is 0.388 e. The van der Waals surface area contributed by atoms with Gasteiger partial charge in [-0.3, -0.25) is 4.79 Å². The van der Waals surface area contributed by atoms with Gasteiger partial charge in [-0.1, -0.05) is 0 Å². The summed E-state index contributed by atoms with van der Waals surface area (Å²) in [5.74, 6) is -0.244. The second-order valence-electron chi connectivity index (χ2n) is 4.00. The fourth-order valence-corrected chi connectivity index (χ4v) is 1.60. The van der Waals surface area contributed by atoms with E-state index in [2.05, 4.69) is 15.4 Å². The molecule has 4 nitrogen and oxygen atoms in total. The molecule has 2 N–H and O–H groups in total. The molecule has 106 valence electrons. The Labute approximate surface area is 111 Å². The number of nitrogens with one attached hydrogen (secondary N) is 2. The lowest BCUT2D eigenvalue weighted by Crippen LogP contribution is -2.27. The molecule has 0 spiro atoms. The van der Waals surface area contributed by atoms with Crippen molar-refractivity contribution in [3.05, 3.63) is 29.3 Å². The Morgan fingerprint density at radius 1 is 1.42 bits per heavy atom. The zero-order valence-corrected chi connectivity index (χ0v) is 11.0. The third-order valence-electron chi connectivity index (χ3n) is 2.53. The van der Waals surface area contributed by atoms with E-state index < -0.39 is 13.0 Å². The van der Waals surface area contributed by atoms with Crippen molar-refractivity contribution in [2.75, 3.05) is 32.1 Å². The monoisotopic (exact) mass is 272 g/mol. The van der Waals surface area contributed by atoms with Crippen molar-refractivity contribution >= 4 is 11.6 Å². The van der Waals surface area contributed by atoms with Crippen LogP contribution in [0.4, 0.5) is 14.5 Å². The molecule has 0 saturated heterocycles. The van der Waals surface area contributed by atoms with Gasteiger partial charge in [-0.15, -0.1) is 0 Å². The number of carbonyl (C=O) groups excluding carboxylic acids is 1. The van der Waals surface area contributed by atoms with Crippen LogP contribution in [0.3, 0.4) is 0 Å². The summed E-state index contributed by atoms with van der Waals surface area (Å²) < 4.78 is 28.2. The van der Waals surface area contributed by atoms with Gasteiger partial charge in [0.05, 0.1) is 6.61 Å². The number of anilines is 1. The highest BCUT2D eigenvalue weighted by molar-refractivity contribution is 5.94. The predicted molar refractivity (Wildman–Crippen MR) is 69.9 cm³/mol. The fourth-order valence-electron chi connectivity index (χ4n) is 1.60. The maximum absolute atomic E-state index is 11.8. The first kappa shape index (κ1) is 15.4. The summed E-state index contributed by atoms with van der Waals surface area (Å²) in [5, 5.41) is 5.62. The van der Waals surface area contributed by atoms with Gasteiger partial charge >= 0.3 is 0 Å². The second kappa shape index (κ2) is 7.68. The van der Waals surface area contributed by atoms with Crippen LogP contribution in [0.1, 0.15) is 15.9 Å². The number of benzene rings is 1. The van der Waals surface area contributed by atoms with Gasteiger partial charge in [-0.25, -0.2) is 8.78 Å². The molecule has 1 aromatic rings. The van der Waals surface area contributed by atoms with E-state index in [0.717, 1.165) is 11.3 Å². The van der Waals surface area contributed by atoms with E-state index in [9.17, 15) is 13.6 Å². The summed E-state index contributed by atoms with van der Waals surface area (Å²) >= 11 is 0. The summed E-state index contributed by atoms with van der Waals surface area (Å²) in [5.41, 5.74) is 2.45. The molecule has 0 aromatic heterocycles. The molecule has 0 aliphatic rings. The van der Waals surface area contributed by atoms with Crippen LogP contribution in [0.15, 0.2) is 18.2 Å². The van der Waals surface area contributed by atoms with Crippen LogP contribution >= 0.6 is 0 Å². The highest BCUT2D eigenvalue weighted by atomic mass is 19.3. The van der Waals surface area contributed by atoms with Crippen molar-refractivity contribution in [3.63, 3.8) is 0 Å². The Balaban J connectivity index is 2.39. The normalized spacial score (nSPS) is 10.6. The molecule has 0 unspecified atom stereocenters. The summed E-state index contributed by atoms with van der Waals surface area (Å²) in [4.78, 5) is 11.8. The molecule has 0 radical (unpaired) electrons. The minimum atomic E-state index is -2.48. The van der Waals surface area contributed by atoms with E-state index in [1.54, 1.807) is 12.1 Å². The molecule has 0 atom stereocenters. The molecule has 6 heteroatoms. The number of carbonyl (C=O) groups is 1. The van der Waals surface area contributed by atoms with E-state index in [1.807, 2.05) is 20.0 Å². The lowest BCUT2D eigenvalue weighted by atomic mass is 10.1. The van der Waals surface area contributed by atoms with E-state index in [0.29, 0.717) is 5.56 Å². The molecule has 0 saturated carbocycles. The van der Waals surface area contributed by atoms with Gasteiger partial charge in [0, 0.05) is 24.8 Å². The van der Waals surface area contributed by atoms with Gasteiger partial charge in [-0.2, -0.15) is 0 Å². The minimum Gasteiger partial charge on any atom is -0.388 e. The Kier molecular flexibility index (Phi) is 6.21. The molecule has 1 rings (SSSR count). The van der Waals surface area contributed by atoms with Gasteiger partial charge in [0.15, 0.2) is 0 Å². The molecular weight excluding hydrogens is 254 g/mol. The van der Waals surface area contributed by atoms with Crippen molar-refractivity contribution < 1.29 is 18.3 Å². The fraction of sp³-hybridized carbons (Fsp3) is 0.462. The van der Waals surface area contributed by atoms with Gasteiger partial charge < -0.3 is 15.4 Å². The Hall–Kier alpha value is -1.69. The van der Waals surface area contributed by atoms with Crippen molar-refractivity contribution in [2.24, 2.45) is 0 Å². The lowest BCUT2D eigenvalue weighted by molar-refractivity contribution is 0.0188. The highest BCUT2D eigenvalue weighted by Crippen LogP contribution is 2.15. The number of ether oxygens (including phenoxy) is 1. The molecule has 1 amide bonds. The van der Waals surface area contributed by atoms with Crippen LogP contribution in [0, 0.1) is 6.92 Å². The third kappa shape index (κ3) is 5.21. The van der Waals surface area contributed by atoms with Crippen LogP contribution in [0.25, 0.3) is 0 Å². The van der Waals surface area contributed by atoms with Gasteiger partial charge in [0.1, 0.15) is 6.61 Å². The van der Waals surface area contributed by atoms with Gasteiger partial charge in [-0.05, 0) is 30.7 Å². The van der Waals surface area contributed by atoms with Crippen LogP contribution < -0.4 is 10.6 Å². The van der Waals surface area contributed by atoms with Crippen molar-refractivity contribution in [3.8, 4) is 0 Å². The molecule has 0 aliphatic heterocycles. The molecule has 0 heterocycles. The molecular formula is C13H18F2N2O2. The van der Waals surface area contributed by atoms with Crippen molar-refractivity contribution in [1.82, 2.24) is 5.32 Å². The Bertz CT molecular complexity index is 425. The topological polar surface area (TPSA) is 50.4 Å². The standard InChI is InChI=1S/C13H18F2N2O2/c1-9-7-10(3-4-11(9)16-2)13(18)17-5-6-19-8-12(14)15/h3-4,7,12,16H,5-6,8H2,1-2H3,(H,17,18). The van der Waals surface area contributed by atoms with Gasteiger partial charge in [0.2, 0.25) is 0 Å². The molecule has 0 fully saturated rings. The zero-order valence-electron chi connectivity index (χ0n) is 11.0. The van der Waals surface area contributed by atoms with Crippen LogP contribution in [0.2, 0.25) is 0 Å². The number of hydrogen-bond acceptors (Lipinski definition) is 3. The third-order valence-corrected chi connectivity index (χ3v) is 2.53. The van der Waals surface area contributed by atoms with Crippen LogP contribution in [0.5, 0.6) is 0 Å². The first-order valence-electron chi connectivity index (χ1n) is 5.97. The summed E-state index contributed by atoms with van der Waals surface area (Å²) in [6, 6.07) is 5.28. The van der Waals surface area contributed by atoms with Gasteiger partial charge in [0.25, 0.3) is 12.3 Å². The minimum absolute atomic E-state index is 0.0731. The first-order valence-corrected chi connectivity index (χ1v) is 5.97. The summed E-state index contributed by atoms with van der Waals surface area (Å²) in [7, 11) is 1.81. The molecule has 0 aliphatic carbocycles. The van der Waals surface area contributed by atoms with Crippen molar-refractivity contribution in [2.45, 2.75) is 13.3 Å². The molecule has 19 heavy (non-hydrogen) atoms. The van der Waals surface area contributed by atoms with Crippen molar-refractivity contribution in [1.29, 1.82) is 0 Å². The average Bonchev–Trinajstić information content (AvgIpc) is 2.37. The quantitative estimate of drug-likeness (QED) is 0.747. The molecule has 0 bridgehead atoms. The second-order valence-corrected chi connectivity index (χ2v) is 4.00. The summed E-state index contributed by atoms with van der Waals surface area (Å²) in [6.07, 6.45) is -2.48. The number of alkyl halides is 2. The van der Waals surface area contributed by atoms with E-state index >= 15 is 0 Å². The predicted octanol–water partition coefficient (Wildman–Crippen LogP) is 2.05. The number of rotatable bonds is 7. The number of aryl methyl sites for hydroxylation is 1. The van der Waals surface area contributed by atoms with E-state index in [1.165, 1.54) is 0 Å². The maximum Gasteiger partial charge on any atom is 0.261 e. The lowest BCUT2D eigenvalue weighted by Gasteiger charge is -2.09. The number of hydrogen-bond donors (Lipinski definition) is 2. The maximum atomic E-state index is 11.8. The molecule has 1 aromatic carbocycles. The first-order chi connectivity index (χ1) is 9.04. The summed E-state index contributed by atoms with van der Waals surface area (Å²) in [6.45, 7) is 1.57. The smallest absolute Gasteiger partial charge is 0.261 e. The Morgan fingerprint density at radius 3 is 2.74 bits per heavy atom. The number of amides is 1. The van der Waals surface area contributed by atoms with E-state index in [-0.39, 0.29) is 19.1 Å². The highest BCUT2D eigenvalue weighted by Gasteiger charge is 2.07.